The van der Waals surface area contributed by atoms with E-state index in [0.29, 0.717) is 5.92 Å². The van der Waals surface area contributed by atoms with Crippen molar-refractivity contribution in [2.24, 2.45) is 5.92 Å². The lowest BCUT2D eigenvalue weighted by Crippen LogP contribution is -2.55. The smallest absolute Gasteiger partial charge is 0.328 e. The molecular weight excluding hydrogens is 344 g/mol. The third-order valence-corrected chi connectivity index (χ3v) is 12.0. The first-order valence-corrected chi connectivity index (χ1v) is 12.1. The number of rotatable bonds is 12. The predicted octanol–water partition coefficient (Wildman–Crippen LogP) is 6.32. The molecule has 0 radical (unpaired) electrons. The number of carbonyl (C=O) groups excluding carboxylic acids is 1. The Hall–Kier alpha value is -1.10. The fourth-order valence-corrected chi connectivity index (χ4v) is 11.0. The summed E-state index contributed by atoms with van der Waals surface area (Å²) < 4.78 is 6.18. The monoisotopic (exact) mass is 384 g/mol. The second-order valence-corrected chi connectivity index (χ2v) is 14.2. The van der Waals surface area contributed by atoms with Gasteiger partial charge in [0.2, 0.25) is 0 Å². The summed E-state index contributed by atoms with van der Waals surface area (Å²) >= 11 is 0. The van der Waals surface area contributed by atoms with Gasteiger partial charge in [0.1, 0.15) is 0 Å². The zero-order valence-electron chi connectivity index (χ0n) is 18.1. The molecule has 1 N–H and O–H groups in total. The van der Waals surface area contributed by atoms with Gasteiger partial charge < -0.3 is 9.53 Å². The highest BCUT2D eigenvalue weighted by atomic mass is 28.4. The highest BCUT2D eigenvalue weighted by molar-refractivity contribution is 6.80. The molecule has 0 aliphatic carbocycles. The van der Waals surface area contributed by atoms with E-state index in [0.717, 1.165) is 25.0 Å². The van der Waals surface area contributed by atoms with Crippen molar-refractivity contribution in [2.45, 2.75) is 104 Å². The fraction of sp³-hybridized carbons (Fsp3) is 0.810. The van der Waals surface area contributed by atoms with E-state index in [1.807, 2.05) is 0 Å². The second-order valence-electron chi connectivity index (χ2n) is 8.70. The topological polar surface area (TPSA) is 63.6 Å². The summed E-state index contributed by atoms with van der Waals surface area (Å²) in [6, 6.07) is 0. The predicted molar refractivity (Wildman–Crippen MR) is 111 cm³/mol. The first kappa shape index (κ1) is 24.9. The van der Waals surface area contributed by atoms with Crippen LogP contribution in [0.4, 0.5) is 0 Å². The van der Waals surface area contributed by atoms with Gasteiger partial charge in [-0.3, -0.25) is 0 Å². The van der Waals surface area contributed by atoms with E-state index in [1.54, 1.807) is 0 Å². The molecule has 0 aliphatic rings. The molecule has 0 spiro atoms. The zero-order chi connectivity index (χ0) is 20.5. The maximum Gasteiger partial charge on any atom is 0.328 e. The van der Waals surface area contributed by atoms with Crippen molar-refractivity contribution >= 4 is 20.3 Å². The van der Waals surface area contributed by atoms with Crippen LogP contribution >= 0.6 is 0 Å². The lowest BCUT2D eigenvalue weighted by Gasteiger charge is -2.50. The average molecular weight is 385 g/mol. The lowest BCUT2D eigenvalue weighted by atomic mass is 9.90. The molecule has 4 nitrogen and oxygen atoms in total. The van der Waals surface area contributed by atoms with Gasteiger partial charge in [-0.15, -0.1) is 0 Å². The van der Waals surface area contributed by atoms with E-state index in [-0.39, 0.29) is 16.1 Å². The van der Waals surface area contributed by atoms with Gasteiger partial charge in [0.25, 0.3) is 8.32 Å². The van der Waals surface area contributed by atoms with Crippen molar-refractivity contribution in [1.82, 2.24) is 0 Å². The Balaban J connectivity index is 5.75. The first-order chi connectivity index (χ1) is 11.9. The van der Waals surface area contributed by atoms with Crippen molar-refractivity contribution < 1.29 is 19.1 Å². The molecule has 0 rings (SSSR count). The molecule has 0 aromatic heterocycles. The Morgan fingerprint density at radius 2 is 1.62 bits per heavy atom. The van der Waals surface area contributed by atoms with Crippen LogP contribution in [0.25, 0.3) is 0 Å². The minimum absolute atomic E-state index is 0.0868. The normalized spacial score (nSPS) is 14.2. The molecule has 0 aliphatic heterocycles. The molecule has 5 heteroatoms. The molecule has 0 aromatic carbocycles. The molecule has 0 aromatic rings. The molecule has 0 heterocycles. The van der Waals surface area contributed by atoms with Crippen molar-refractivity contribution in [1.29, 1.82) is 0 Å². The quantitative estimate of drug-likeness (QED) is 0.316. The molecule has 152 valence electrons. The number of hydrogen-bond acceptors (Lipinski definition) is 3. The average Bonchev–Trinajstić information content (AvgIpc) is 2.53. The summed E-state index contributed by atoms with van der Waals surface area (Å²) in [6.45, 7) is 17.6. The number of carboxylic acid groups (broad SMARTS) is 1. The van der Waals surface area contributed by atoms with Gasteiger partial charge in [-0.25, -0.2) is 9.59 Å². The van der Waals surface area contributed by atoms with E-state index in [4.69, 9.17) is 9.53 Å². The van der Waals surface area contributed by atoms with Crippen LogP contribution < -0.4 is 0 Å². The minimum atomic E-state index is -2.52. The van der Waals surface area contributed by atoms with Crippen LogP contribution in [0.5, 0.6) is 0 Å². The van der Waals surface area contributed by atoms with Crippen LogP contribution in [0.1, 0.15) is 87.5 Å². The summed E-state index contributed by atoms with van der Waals surface area (Å²) in [4.78, 5) is 23.1. The van der Waals surface area contributed by atoms with E-state index in [2.05, 4.69) is 55.4 Å². The molecule has 0 bridgehead atoms. The Labute approximate surface area is 161 Å². The molecule has 26 heavy (non-hydrogen) atoms. The fourth-order valence-electron chi connectivity index (χ4n) is 4.77. The van der Waals surface area contributed by atoms with Crippen LogP contribution in [-0.2, 0) is 14.0 Å². The second kappa shape index (κ2) is 10.9. The van der Waals surface area contributed by atoms with Crippen LogP contribution in [0.3, 0.4) is 0 Å². The standard InChI is InChI=1S/C21H40O4Si/c1-9-11-12-18(10-2)15-21(7,8)26(16(3)4,17(5)6)25-20(24)14-13-19(22)23/h13-14,16-18H,9-12,15H2,1-8H3,(H,22,23)/b14-13+. The summed E-state index contributed by atoms with van der Waals surface area (Å²) in [6.07, 6.45) is 7.74. The van der Waals surface area contributed by atoms with Crippen molar-refractivity contribution in [3.05, 3.63) is 12.2 Å². The van der Waals surface area contributed by atoms with Gasteiger partial charge in [0, 0.05) is 12.2 Å². The Morgan fingerprint density at radius 1 is 1.08 bits per heavy atom. The maximum absolute atomic E-state index is 12.4. The molecule has 0 saturated heterocycles. The van der Waals surface area contributed by atoms with E-state index < -0.39 is 20.3 Å². The van der Waals surface area contributed by atoms with E-state index in [1.165, 1.54) is 19.3 Å². The van der Waals surface area contributed by atoms with E-state index >= 15 is 0 Å². The van der Waals surface area contributed by atoms with Crippen LogP contribution in [0, 0.1) is 5.92 Å². The summed E-state index contributed by atoms with van der Waals surface area (Å²) in [7, 11) is -2.52. The Bertz CT molecular complexity index is 472. The Kier molecular flexibility index (Phi) is 10.4. The highest BCUT2D eigenvalue weighted by Crippen LogP contribution is 2.55. The number of aliphatic carboxylic acids is 1. The van der Waals surface area contributed by atoms with Gasteiger partial charge in [-0.2, -0.15) is 0 Å². The highest BCUT2D eigenvalue weighted by Gasteiger charge is 2.56. The summed E-state index contributed by atoms with van der Waals surface area (Å²) in [5, 5.41) is 8.70. The van der Waals surface area contributed by atoms with Crippen molar-refractivity contribution in [3.63, 3.8) is 0 Å². The van der Waals surface area contributed by atoms with Gasteiger partial charge in [-0.05, 0) is 28.5 Å². The molecule has 0 amide bonds. The number of carboxylic acids is 1. The molecule has 0 saturated carbocycles. The van der Waals surface area contributed by atoms with Gasteiger partial charge in [-0.1, -0.05) is 81.1 Å². The lowest BCUT2D eigenvalue weighted by molar-refractivity contribution is -0.133. The third kappa shape index (κ3) is 6.56. The van der Waals surface area contributed by atoms with Gasteiger partial charge in [0.05, 0.1) is 0 Å². The van der Waals surface area contributed by atoms with Crippen molar-refractivity contribution in [3.8, 4) is 0 Å². The third-order valence-electron chi connectivity index (χ3n) is 5.75. The largest absolute Gasteiger partial charge is 0.515 e. The van der Waals surface area contributed by atoms with Gasteiger partial charge >= 0.3 is 11.9 Å². The minimum Gasteiger partial charge on any atom is -0.515 e. The Morgan fingerprint density at radius 3 is 2.00 bits per heavy atom. The molecular formula is C21H40O4Si. The summed E-state index contributed by atoms with van der Waals surface area (Å²) in [5.41, 5.74) is 0.506. The van der Waals surface area contributed by atoms with Crippen LogP contribution in [0.2, 0.25) is 16.1 Å². The number of carbonyl (C=O) groups is 2. The molecule has 1 unspecified atom stereocenters. The molecule has 0 fully saturated rings. The summed E-state index contributed by atoms with van der Waals surface area (Å²) in [5.74, 6) is -1.02. The van der Waals surface area contributed by atoms with Crippen LogP contribution in [0.15, 0.2) is 12.2 Å². The number of unbranched alkanes of at least 4 members (excludes halogenated alkanes) is 1. The van der Waals surface area contributed by atoms with Gasteiger partial charge in [0.15, 0.2) is 0 Å². The number of hydrogen-bond donors (Lipinski definition) is 1. The maximum atomic E-state index is 12.4. The zero-order valence-corrected chi connectivity index (χ0v) is 19.1. The van der Waals surface area contributed by atoms with Crippen molar-refractivity contribution in [2.75, 3.05) is 0 Å². The SMILES string of the molecule is CCCCC(CC)CC(C)(C)[Si](OC(=O)/C=C/C(=O)O)(C(C)C)C(C)C. The van der Waals surface area contributed by atoms with E-state index in [9.17, 15) is 9.59 Å². The molecule has 1 atom stereocenters. The first-order valence-electron chi connectivity index (χ1n) is 10.1. The van der Waals surface area contributed by atoms with Crippen LogP contribution in [-0.4, -0.2) is 25.4 Å².